The molecule has 1 aliphatic heterocycles. The minimum atomic E-state index is -0.792. The second kappa shape index (κ2) is 6.68. The van der Waals surface area contributed by atoms with Gasteiger partial charge in [0, 0.05) is 19.7 Å². The number of nitrogens with zero attached hydrogens (tertiary/aromatic N) is 1. The molecule has 4 heteroatoms. The third kappa shape index (κ3) is 4.33. The fourth-order valence-corrected chi connectivity index (χ4v) is 2.67. The second-order valence-electron chi connectivity index (χ2n) is 5.29. The highest BCUT2D eigenvalue weighted by Gasteiger charge is 2.21. The number of aliphatic hydroxyl groups is 1. The number of carboxylic acids is 1. The zero-order valence-electron chi connectivity index (χ0n) is 11.1. The van der Waals surface area contributed by atoms with Crippen LogP contribution in [0.15, 0.2) is 24.3 Å². The van der Waals surface area contributed by atoms with Gasteiger partial charge in [-0.05, 0) is 36.4 Å². The average Bonchev–Trinajstić information content (AvgIpc) is 2.79. The van der Waals surface area contributed by atoms with Gasteiger partial charge in [0.2, 0.25) is 0 Å². The lowest BCUT2D eigenvalue weighted by atomic mass is 10.1. The summed E-state index contributed by atoms with van der Waals surface area (Å²) >= 11 is 0. The lowest BCUT2D eigenvalue weighted by molar-refractivity contribution is -0.136. The number of carbonyl (C=O) groups is 1. The standard InChI is InChI=1S/C15H21NO3/c17-8-6-14-5-7-16(11-14)10-13-3-1-12(2-4-13)9-15(18)19/h1-4,14,17H,5-11H2,(H,18,19). The Morgan fingerprint density at radius 2 is 1.95 bits per heavy atom. The van der Waals surface area contributed by atoms with Gasteiger partial charge >= 0.3 is 5.97 Å². The molecule has 1 aromatic rings. The van der Waals surface area contributed by atoms with Gasteiger partial charge in [-0.15, -0.1) is 0 Å². The Labute approximate surface area is 113 Å². The summed E-state index contributed by atoms with van der Waals surface area (Å²) in [6, 6.07) is 7.81. The number of aliphatic carboxylic acids is 1. The van der Waals surface area contributed by atoms with Gasteiger partial charge in [-0.25, -0.2) is 0 Å². The first kappa shape index (κ1) is 14.0. The van der Waals surface area contributed by atoms with Gasteiger partial charge in [-0.1, -0.05) is 24.3 Å². The molecule has 0 radical (unpaired) electrons. The normalized spacial score (nSPS) is 19.7. The topological polar surface area (TPSA) is 60.8 Å². The van der Waals surface area contributed by atoms with Crippen LogP contribution < -0.4 is 0 Å². The van der Waals surface area contributed by atoms with E-state index >= 15 is 0 Å². The smallest absolute Gasteiger partial charge is 0.307 e. The molecule has 19 heavy (non-hydrogen) atoms. The molecule has 4 nitrogen and oxygen atoms in total. The lowest BCUT2D eigenvalue weighted by Gasteiger charge is -2.16. The quantitative estimate of drug-likeness (QED) is 0.817. The van der Waals surface area contributed by atoms with E-state index in [4.69, 9.17) is 10.2 Å². The van der Waals surface area contributed by atoms with Gasteiger partial charge in [0.25, 0.3) is 0 Å². The van der Waals surface area contributed by atoms with Gasteiger partial charge < -0.3 is 10.2 Å². The highest BCUT2D eigenvalue weighted by molar-refractivity contribution is 5.70. The average molecular weight is 263 g/mol. The van der Waals surface area contributed by atoms with E-state index < -0.39 is 5.97 Å². The fourth-order valence-electron chi connectivity index (χ4n) is 2.67. The maximum Gasteiger partial charge on any atom is 0.307 e. The SMILES string of the molecule is O=C(O)Cc1ccc(CN2CCC(CCO)C2)cc1. The fraction of sp³-hybridized carbons (Fsp3) is 0.533. The molecule has 1 unspecified atom stereocenters. The van der Waals surface area contributed by atoms with Crippen molar-refractivity contribution in [3.05, 3.63) is 35.4 Å². The number of benzene rings is 1. The molecule has 1 aromatic carbocycles. The Bertz CT molecular complexity index is 416. The maximum atomic E-state index is 10.6. The summed E-state index contributed by atoms with van der Waals surface area (Å²) in [5.74, 6) is -0.171. The summed E-state index contributed by atoms with van der Waals surface area (Å²) in [5.41, 5.74) is 2.06. The molecular weight excluding hydrogens is 242 g/mol. The van der Waals surface area contributed by atoms with E-state index in [1.165, 1.54) is 5.56 Å². The molecule has 104 valence electrons. The van der Waals surface area contributed by atoms with Crippen LogP contribution in [-0.2, 0) is 17.8 Å². The summed E-state index contributed by atoms with van der Waals surface area (Å²) < 4.78 is 0. The molecule has 0 aliphatic carbocycles. The van der Waals surface area contributed by atoms with Gasteiger partial charge in [-0.3, -0.25) is 9.69 Å². The van der Waals surface area contributed by atoms with Crippen LogP contribution in [0.25, 0.3) is 0 Å². The Morgan fingerprint density at radius 3 is 2.58 bits per heavy atom. The number of hydrogen-bond acceptors (Lipinski definition) is 3. The van der Waals surface area contributed by atoms with Crippen molar-refractivity contribution in [1.82, 2.24) is 4.90 Å². The monoisotopic (exact) mass is 263 g/mol. The van der Waals surface area contributed by atoms with Crippen LogP contribution in [0.2, 0.25) is 0 Å². The molecule has 1 fully saturated rings. The maximum absolute atomic E-state index is 10.6. The first-order valence-corrected chi connectivity index (χ1v) is 6.80. The van der Waals surface area contributed by atoms with Crippen LogP contribution in [0.4, 0.5) is 0 Å². The second-order valence-corrected chi connectivity index (χ2v) is 5.29. The number of carboxylic acid groups (broad SMARTS) is 1. The van der Waals surface area contributed by atoms with Crippen molar-refractivity contribution < 1.29 is 15.0 Å². The first-order chi connectivity index (χ1) is 9.17. The highest BCUT2D eigenvalue weighted by Crippen LogP contribution is 2.21. The lowest BCUT2D eigenvalue weighted by Crippen LogP contribution is -2.20. The van der Waals surface area contributed by atoms with Crippen LogP contribution in [0.5, 0.6) is 0 Å². The van der Waals surface area contributed by atoms with Gasteiger partial charge in [0.05, 0.1) is 6.42 Å². The third-order valence-corrected chi connectivity index (χ3v) is 3.69. The molecule has 2 N–H and O–H groups in total. The van der Waals surface area contributed by atoms with Crippen molar-refractivity contribution in [1.29, 1.82) is 0 Å². The number of aliphatic hydroxyl groups excluding tert-OH is 1. The van der Waals surface area contributed by atoms with Crippen LogP contribution in [-0.4, -0.2) is 40.8 Å². The molecule has 1 saturated heterocycles. The predicted molar refractivity (Wildman–Crippen MR) is 72.9 cm³/mol. The largest absolute Gasteiger partial charge is 0.481 e. The molecule has 0 aromatic heterocycles. The molecule has 0 saturated carbocycles. The van der Waals surface area contributed by atoms with Crippen LogP contribution >= 0.6 is 0 Å². The Balaban J connectivity index is 1.85. The zero-order valence-corrected chi connectivity index (χ0v) is 11.1. The summed E-state index contributed by atoms with van der Waals surface area (Å²) in [4.78, 5) is 13.0. The van der Waals surface area contributed by atoms with Crippen molar-refractivity contribution in [2.75, 3.05) is 19.7 Å². The van der Waals surface area contributed by atoms with Crippen molar-refractivity contribution in [2.24, 2.45) is 5.92 Å². The van der Waals surface area contributed by atoms with E-state index in [0.29, 0.717) is 5.92 Å². The molecular formula is C15H21NO3. The van der Waals surface area contributed by atoms with Crippen LogP contribution in [0.1, 0.15) is 24.0 Å². The molecule has 2 rings (SSSR count). The number of likely N-dealkylation sites (tertiary alicyclic amines) is 1. The molecule has 0 bridgehead atoms. The van der Waals surface area contributed by atoms with E-state index in [2.05, 4.69) is 4.90 Å². The molecule has 0 amide bonds. The van der Waals surface area contributed by atoms with Gasteiger partial charge in [-0.2, -0.15) is 0 Å². The Kier molecular flexibility index (Phi) is 4.93. The Hall–Kier alpha value is -1.39. The molecule has 1 atom stereocenters. The van der Waals surface area contributed by atoms with E-state index in [1.54, 1.807) is 0 Å². The molecule has 1 heterocycles. The first-order valence-electron chi connectivity index (χ1n) is 6.80. The minimum Gasteiger partial charge on any atom is -0.481 e. The Morgan fingerprint density at radius 1 is 1.26 bits per heavy atom. The summed E-state index contributed by atoms with van der Waals surface area (Å²) in [7, 11) is 0. The number of hydrogen-bond donors (Lipinski definition) is 2. The van der Waals surface area contributed by atoms with Crippen molar-refractivity contribution in [2.45, 2.75) is 25.8 Å². The number of rotatable bonds is 6. The van der Waals surface area contributed by atoms with Crippen LogP contribution in [0.3, 0.4) is 0 Å². The third-order valence-electron chi connectivity index (χ3n) is 3.69. The van der Waals surface area contributed by atoms with Crippen molar-refractivity contribution in [3.8, 4) is 0 Å². The zero-order chi connectivity index (χ0) is 13.7. The predicted octanol–water partition coefficient (Wildman–Crippen LogP) is 1.52. The minimum absolute atomic E-state index is 0.0859. The highest BCUT2D eigenvalue weighted by atomic mass is 16.4. The molecule has 0 spiro atoms. The van der Waals surface area contributed by atoms with E-state index in [1.807, 2.05) is 24.3 Å². The van der Waals surface area contributed by atoms with Crippen LogP contribution in [0, 0.1) is 5.92 Å². The van der Waals surface area contributed by atoms with Crippen molar-refractivity contribution in [3.63, 3.8) is 0 Å². The molecule has 1 aliphatic rings. The van der Waals surface area contributed by atoms with E-state index in [9.17, 15) is 4.79 Å². The van der Waals surface area contributed by atoms with Gasteiger partial charge in [0.1, 0.15) is 0 Å². The summed E-state index contributed by atoms with van der Waals surface area (Å²) in [6.07, 6.45) is 2.15. The van der Waals surface area contributed by atoms with Crippen molar-refractivity contribution >= 4 is 5.97 Å². The van der Waals surface area contributed by atoms with E-state index in [-0.39, 0.29) is 13.0 Å². The summed E-state index contributed by atoms with van der Waals surface area (Å²) in [6.45, 7) is 3.33. The van der Waals surface area contributed by atoms with Gasteiger partial charge in [0.15, 0.2) is 0 Å². The van der Waals surface area contributed by atoms with E-state index in [0.717, 1.165) is 38.0 Å². The summed E-state index contributed by atoms with van der Waals surface area (Å²) in [5, 5.41) is 17.7.